The van der Waals surface area contributed by atoms with Gasteiger partial charge in [-0.1, -0.05) is 11.6 Å². The number of nitrogens with two attached hydrogens (primary N) is 1. The van der Waals surface area contributed by atoms with Crippen molar-refractivity contribution in [3.63, 3.8) is 0 Å². The van der Waals surface area contributed by atoms with E-state index in [-0.39, 0.29) is 0 Å². The molecule has 0 aliphatic carbocycles. The van der Waals surface area contributed by atoms with Crippen LogP contribution in [0.3, 0.4) is 0 Å². The summed E-state index contributed by atoms with van der Waals surface area (Å²) in [6.07, 6.45) is 3.68. The first kappa shape index (κ1) is 13.8. The van der Waals surface area contributed by atoms with E-state index in [0.717, 1.165) is 42.9 Å². The van der Waals surface area contributed by atoms with E-state index in [2.05, 4.69) is 10.00 Å². The smallest absolute Gasteiger partial charge is 0.131 e. The Bertz CT molecular complexity index is 394. The maximum atomic E-state index is 6.27. The van der Waals surface area contributed by atoms with Crippen molar-refractivity contribution in [3.05, 3.63) is 16.4 Å². The minimum Gasteiger partial charge on any atom is -0.330 e. The summed E-state index contributed by atoms with van der Waals surface area (Å²) in [5, 5.41) is 5.14. The quantitative estimate of drug-likeness (QED) is 0.910. The molecule has 1 aliphatic rings. The second-order valence-corrected chi connectivity index (χ2v) is 5.63. The van der Waals surface area contributed by atoms with Gasteiger partial charge < -0.3 is 5.73 Å². The third-order valence-corrected chi connectivity index (χ3v) is 4.41. The Labute approximate surface area is 114 Å². The molecule has 1 aromatic rings. The maximum absolute atomic E-state index is 6.27. The standard InChI is InChI=1S/C13H23ClN4/c1-10-12(13(14)17(2)16-10)9-18-7-4-11(3-6-15)5-8-18/h11H,3-9,15H2,1-2H3. The fourth-order valence-corrected chi connectivity index (χ4v) is 2.98. The van der Waals surface area contributed by atoms with E-state index >= 15 is 0 Å². The number of aryl methyl sites for hydroxylation is 2. The van der Waals surface area contributed by atoms with Crippen LogP contribution in [-0.2, 0) is 13.6 Å². The van der Waals surface area contributed by atoms with Crippen LogP contribution in [0.15, 0.2) is 0 Å². The summed E-state index contributed by atoms with van der Waals surface area (Å²) in [7, 11) is 1.90. The summed E-state index contributed by atoms with van der Waals surface area (Å²) in [5.41, 5.74) is 7.84. The van der Waals surface area contributed by atoms with Crippen molar-refractivity contribution in [3.8, 4) is 0 Å². The molecule has 0 amide bonds. The summed E-state index contributed by atoms with van der Waals surface area (Å²) in [6, 6.07) is 0. The molecule has 2 rings (SSSR count). The molecule has 1 aliphatic heterocycles. The normalized spacial score (nSPS) is 18.4. The zero-order valence-electron chi connectivity index (χ0n) is 11.3. The second kappa shape index (κ2) is 6.04. The Balaban J connectivity index is 1.91. The number of halogens is 1. The Morgan fingerprint density at radius 1 is 1.39 bits per heavy atom. The van der Waals surface area contributed by atoms with Gasteiger partial charge >= 0.3 is 0 Å². The Morgan fingerprint density at radius 3 is 2.56 bits per heavy atom. The van der Waals surface area contributed by atoms with Crippen LogP contribution in [0.2, 0.25) is 5.15 Å². The van der Waals surface area contributed by atoms with Crippen molar-refractivity contribution in [2.75, 3.05) is 19.6 Å². The highest BCUT2D eigenvalue weighted by atomic mass is 35.5. The average Bonchev–Trinajstić information content (AvgIpc) is 2.59. The molecule has 2 N–H and O–H groups in total. The summed E-state index contributed by atoms with van der Waals surface area (Å²) in [5.74, 6) is 0.816. The highest BCUT2D eigenvalue weighted by molar-refractivity contribution is 6.30. The van der Waals surface area contributed by atoms with Gasteiger partial charge in [0.25, 0.3) is 0 Å². The van der Waals surface area contributed by atoms with E-state index in [1.165, 1.54) is 24.8 Å². The molecule has 2 heterocycles. The van der Waals surface area contributed by atoms with Crippen molar-refractivity contribution in [2.24, 2.45) is 18.7 Å². The number of nitrogens with zero attached hydrogens (tertiary/aromatic N) is 3. The first-order valence-corrected chi connectivity index (χ1v) is 7.10. The zero-order chi connectivity index (χ0) is 13.1. The van der Waals surface area contributed by atoms with Crippen LogP contribution in [0.25, 0.3) is 0 Å². The molecule has 5 heteroatoms. The van der Waals surface area contributed by atoms with Gasteiger partial charge in [-0.15, -0.1) is 0 Å². The Hall–Kier alpha value is -0.580. The number of aromatic nitrogens is 2. The van der Waals surface area contributed by atoms with Gasteiger partial charge in [0.15, 0.2) is 0 Å². The van der Waals surface area contributed by atoms with Crippen LogP contribution in [-0.4, -0.2) is 34.3 Å². The van der Waals surface area contributed by atoms with Crippen LogP contribution in [0, 0.1) is 12.8 Å². The molecule has 102 valence electrons. The van der Waals surface area contributed by atoms with Gasteiger partial charge in [0.05, 0.1) is 5.69 Å². The van der Waals surface area contributed by atoms with Crippen LogP contribution < -0.4 is 5.73 Å². The monoisotopic (exact) mass is 270 g/mol. The van der Waals surface area contributed by atoms with Crippen LogP contribution in [0.1, 0.15) is 30.5 Å². The molecule has 0 aromatic carbocycles. The molecule has 1 fully saturated rings. The lowest BCUT2D eigenvalue weighted by atomic mass is 9.93. The number of likely N-dealkylation sites (tertiary alicyclic amines) is 1. The number of rotatable bonds is 4. The molecule has 1 saturated heterocycles. The lowest BCUT2D eigenvalue weighted by Gasteiger charge is -2.31. The molecule has 0 unspecified atom stereocenters. The van der Waals surface area contributed by atoms with Crippen LogP contribution >= 0.6 is 11.6 Å². The SMILES string of the molecule is Cc1nn(C)c(Cl)c1CN1CCC(CCN)CC1. The lowest BCUT2D eigenvalue weighted by Crippen LogP contribution is -2.34. The van der Waals surface area contributed by atoms with Crippen molar-refractivity contribution in [2.45, 2.75) is 32.7 Å². The van der Waals surface area contributed by atoms with Crippen LogP contribution in [0.4, 0.5) is 0 Å². The Kier molecular flexibility index (Phi) is 4.65. The first-order chi connectivity index (χ1) is 8.61. The summed E-state index contributed by atoms with van der Waals surface area (Å²) < 4.78 is 1.76. The second-order valence-electron chi connectivity index (χ2n) is 5.28. The molecule has 0 spiro atoms. The third kappa shape index (κ3) is 3.05. The molecule has 0 saturated carbocycles. The molecule has 4 nitrogen and oxygen atoms in total. The van der Waals surface area contributed by atoms with Gasteiger partial charge in [-0.3, -0.25) is 9.58 Å². The summed E-state index contributed by atoms with van der Waals surface area (Å²) in [6.45, 7) is 6.07. The van der Waals surface area contributed by atoms with Gasteiger partial charge in [-0.05, 0) is 51.7 Å². The van der Waals surface area contributed by atoms with Gasteiger partial charge in [-0.25, -0.2) is 0 Å². The van der Waals surface area contributed by atoms with Crippen molar-refractivity contribution in [1.82, 2.24) is 14.7 Å². The number of hydrogen-bond acceptors (Lipinski definition) is 3. The number of hydrogen-bond donors (Lipinski definition) is 1. The topological polar surface area (TPSA) is 47.1 Å². The van der Waals surface area contributed by atoms with Crippen molar-refractivity contribution in [1.29, 1.82) is 0 Å². The fourth-order valence-electron chi connectivity index (χ4n) is 2.75. The van der Waals surface area contributed by atoms with E-state index in [9.17, 15) is 0 Å². The maximum Gasteiger partial charge on any atom is 0.131 e. The molecule has 0 atom stereocenters. The predicted octanol–water partition coefficient (Wildman–Crippen LogP) is 1.94. The minimum atomic E-state index is 0.775. The molecule has 0 radical (unpaired) electrons. The third-order valence-electron chi connectivity index (χ3n) is 3.93. The average molecular weight is 271 g/mol. The van der Waals surface area contributed by atoms with Gasteiger partial charge in [0.2, 0.25) is 0 Å². The zero-order valence-corrected chi connectivity index (χ0v) is 12.1. The molecule has 1 aromatic heterocycles. The van der Waals surface area contributed by atoms with E-state index in [1.807, 2.05) is 14.0 Å². The lowest BCUT2D eigenvalue weighted by molar-refractivity contribution is 0.173. The molecule has 18 heavy (non-hydrogen) atoms. The largest absolute Gasteiger partial charge is 0.330 e. The van der Waals surface area contributed by atoms with E-state index in [4.69, 9.17) is 17.3 Å². The van der Waals surface area contributed by atoms with Gasteiger partial charge in [0, 0.05) is 19.2 Å². The highest BCUT2D eigenvalue weighted by Gasteiger charge is 2.21. The highest BCUT2D eigenvalue weighted by Crippen LogP contribution is 2.25. The molecular weight excluding hydrogens is 248 g/mol. The van der Waals surface area contributed by atoms with E-state index in [0.29, 0.717) is 0 Å². The van der Waals surface area contributed by atoms with Gasteiger partial charge in [0.1, 0.15) is 5.15 Å². The fraction of sp³-hybridized carbons (Fsp3) is 0.769. The summed E-state index contributed by atoms with van der Waals surface area (Å²) in [4.78, 5) is 2.48. The molecular formula is C13H23ClN4. The predicted molar refractivity (Wildman–Crippen MR) is 74.6 cm³/mol. The first-order valence-electron chi connectivity index (χ1n) is 6.72. The van der Waals surface area contributed by atoms with Crippen LogP contribution in [0.5, 0.6) is 0 Å². The summed E-state index contributed by atoms with van der Waals surface area (Å²) >= 11 is 6.27. The minimum absolute atomic E-state index is 0.775. The van der Waals surface area contributed by atoms with E-state index in [1.54, 1.807) is 4.68 Å². The number of piperidine rings is 1. The van der Waals surface area contributed by atoms with Crippen molar-refractivity contribution >= 4 is 11.6 Å². The molecule has 0 bridgehead atoms. The van der Waals surface area contributed by atoms with E-state index < -0.39 is 0 Å². The Morgan fingerprint density at radius 2 is 2.06 bits per heavy atom. The van der Waals surface area contributed by atoms with Gasteiger partial charge in [-0.2, -0.15) is 5.10 Å². The van der Waals surface area contributed by atoms with Crippen molar-refractivity contribution < 1.29 is 0 Å².